The standard InChI is InChI=1S/C13H20O3/c1-13(11-15,8-5-9-14)16-10-12-6-3-2-4-7-12/h2-4,6-7,14-15H,5,8-11H2,1H3/t13-/m0/s1. The van der Waals surface area contributed by atoms with Crippen molar-refractivity contribution < 1.29 is 14.9 Å². The Morgan fingerprint density at radius 2 is 1.88 bits per heavy atom. The van der Waals surface area contributed by atoms with Gasteiger partial charge in [-0.1, -0.05) is 30.3 Å². The van der Waals surface area contributed by atoms with Crippen molar-refractivity contribution >= 4 is 0 Å². The zero-order chi connectivity index (χ0) is 11.9. The van der Waals surface area contributed by atoms with Crippen molar-refractivity contribution in [2.75, 3.05) is 13.2 Å². The van der Waals surface area contributed by atoms with Gasteiger partial charge in [-0.3, -0.25) is 0 Å². The zero-order valence-electron chi connectivity index (χ0n) is 9.72. The maximum atomic E-state index is 9.28. The van der Waals surface area contributed by atoms with E-state index < -0.39 is 5.60 Å². The molecule has 0 saturated heterocycles. The smallest absolute Gasteiger partial charge is 0.0889 e. The number of hydrogen-bond donors (Lipinski definition) is 2. The quantitative estimate of drug-likeness (QED) is 0.741. The molecule has 0 amide bonds. The highest BCUT2D eigenvalue weighted by atomic mass is 16.5. The van der Waals surface area contributed by atoms with Crippen LogP contribution in [0.15, 0.2) is 30.3 Å². The van der Waals surface area contributed by atoms with E-state index in [1.807, 2.05) is 37.3 Å². The van der Waals surface area contributed by atoms with E-state index >= 15 is 0 Å². The predicted molar refractivity (Wildman–Crippen MR) is 63.0 cm³/mol. The van der Waals surface area contributed by atoms with Gasteiger partial charge in [0.1, 0.15) is 0 Å². The molecule has 1 aromatic carbocycles. The molecule has 1 atom stereocenters. The molecule has 0 aliphatic rings. The SMILES string of the molecule is C[C@@](CO)(CCCO)OCc1ccccc1. The zero-order valence-corrected chi connectivity index (χ0v) is 9.72. The summed E-state index contributed by atoms with van der Waals surface area (Å²) < 4.78 is 5.71. The Bertz CT molecular complexity index is 286. The third kappa shape index (κ3) is 4.31. The van der Waals surface area contributed by atoms with Gasteiger partial charge in [-0.15, -0.1) is 0 Å². The molecule has 0 aliphatic heterocycles. The molecule has 3 heteroatoms. The van der Waals surface area contributed by atoms with Crippen LogP contribution < -0.4 is 0 Å². The summed E-state index contributed by atoms with van der Waals surface area (Å²) >= 11 is 0. The molecule has 0 radical (unpaired) electrons. The van der Waals surface area contributed by atoms with E-state index in [0.717, 1.165) is 5.56 Å². The molecular weight excluding hydrogens is 204 g/mol. The fraction of sp³-hybridized carbons (Fsp3) is 0.538. The van der Waals surface area contributed by atoms with Crippen LogP contribution in [0.1, 0.15) is 25.3 Å². The minimum Gasteiger partial charge on any atom is -0.396 e. The van der Waals surface area contributed by atoms with E-state index in [2.05, 4.69) is 0 Å². The minimum atomic E-state index is -0.557. The lowest BCUT2D eigenvalue weighted by Crippen LogP contribution is -2.33. The number of ether oxygens (including phenoxy) is 1. The van der Waals surface area contributed by atoms with Gasteiger partial charge in [0, 0.05) is 6.61 Å². The maximum Gasteiger partial charge on any atom is 0.0889 e. The second-order valence-electron chi connectivity index (χ2n) is 4.21. The van der Waals surface area contributed by atoms with E-state index in [0.29, 0.717) is 19.4 Å². The fourth-order valence-corrected chi connectivity index (χ4v) is 1.48. The molecule has 1 rings (SSSR count). The van der Waals surface area contributed by atoms with Crippen molar-refractivity contribution in [2.24, 2.45) is 0 Å². The van der Waals surface area contributed by atoms with E-state index in [4.69, 9.17) is 9.84 Å². The van der Waals surface area contributed by atoms with Gasteiger partial charge in [-0.25, -0.2) is 0 Å². The summed E-state index contributed by atoms with van der Waals surface area (Å²) in [6.45, 7) is 2.46. The van der Waals surface area contributed by atoms with E-state index in [9.17, 15) is 5.11 Å². The predicted octanol–water partition coefficient (Wildman–Crippen LogP) is 1.73. The van der Waals surface area contributed by atoms with E-state index in [-0.39, 0.29) is 13.2 Å². The molecule has 0 aliphatic carbocycles. The van der Waals surface area contributed by atoms with Crippen molar-refractivity contribution in [2.45, 2.75) is 32.0 Å². The summed E-state index contributed by atoms with van der Waals surface area (Å²) in [4.78, 5) is 0. The summed E-state index contributed by atoms with van der Waals surface area (Å²) in [6, 6.07) is 9.86. The molecule has 1 aromatic rings. The number of aliphatic hydroxyl groups is 2. The van der Waals surface area contributed by atoms with Gasteiger partial charge in [0.05, 0.1) is 18.8 Å². The molecule has 0 heterocycles. The lowest BCUT2D eigenvalue weighted by molar-refractivity contribution is -0.0839. The number of rotatable bonds is 7. The molecule has 2 N–H and O–H groups in total. The Hall–Kier alpha value is -0.900. The Kier molecular flexibility index (Phi) is 5.46. The first-order valence-corrected chi connectivity index (χ1v) is 5.60. The number of hydrogen-bond acceptors (Lipinski definition) is 3. The summed E-state index contributed by atoms with van der Waals surface area (Å²) in [5, 5.41) is 18.1. The lowest BCUT2D eigenvalue weighted by atomic mass is 10.0. The van der Waals surface area contributed by atoms with Crippen LogP contribution in [-0.2, 0) is 11.3 Å². The monoisotopic (exact) mass is 224 g/mol. The number of benzene rings is 1. The minimum absolute atomic E-state index is 0.0279. The first-order chi connectivity index (χ1) is 7.70. The van der Waals surface area contributed by atoms with Crippen LogP contribution in [0.3, 0.4) is 0 Å². The Morgan fingerprint density at radius 1 is 1.19 bits per heavy atom. The molecule has 16 heavy (non-hydrogen) atoms. The van der Waals surface area contributed by atoms with Crippen molar-refractivity contribution in [3.63, 3.8) is 0 Å². The first-order valence-electron chi connectivity index (χ1n) is 5.60. The number of aliphatic hydroxyl groups excluding tert-OH is 2. The average molecular weight is 224 g/mol. The highest BCUT2D eigenvalue weighted by molar-refractivity contribution is 5.13. The largest absolute Gasteiger partial charge is 0.396 e. The molecule has 0 fully saturated rings. The third-order valence-corrected chi connectivity index (χ3v) is 2.63. The summed E-state index contributed by atoms with van der Waals surface area (Å²) in [7, 11) is 0. The van der Waals surface area contributed by atoms with Gasteiger partial charge in [0.25, 0.3) is 0 Å². The molecule has 0 bridgehead atoms. The highest BCUT2D eigenvalue weighted by Crippen LogP contribution is 2.19. The normalized spacial score (nSPS) is 14.7. The van der Waals surface area contributed by atoms with Gasteiger partial charge in [0.2, 0.25) is 0 Å². The van der Waals surface area contributed by atoms with Crippen LogP contribution in [-0.4, -0.2) is 29.0 Å². The third-order valence-electron chi connectivity index (χ3n) is 2.63. The van der Waals surface area contributed by atoms with E-state index in [1.54, 1.807) is 0 Å². The first kappa shape index (κ1) is 13.2. The molecule has 0 spiro atoms. The van der Waals surface area contributed by atoms with Crippen LogP contribution in [0.5, 0.6) is 0 Å². The van der Waals surface area contributed by atoms with Crippen LogP contribution in [0.4, 0.5) is 0 Å². The fourth-order valence-electron chi connectivity index (χ4n) is 1.48. The van der Waals surface area contributed by atoms with Crippen LogP contribution in [0, 0.1) is 0 Å². The Balaban J connectivity index is 2.44. The summed E-state index contributed by atoms with van der Waals surface area (Å²) in [6.07, 6.45) is 1.30. The molecule has 3 nitrogen and oxygen atoms in total. The average Bonchev–Trinajstić information content (AvgIpc) is 2.35. The van der Waals surface area contributed by atoms with Crippen molar-refractivity contribution in [3.05, 3.63) is 35.9 Å². The van der Waals surface area contributed by atoms with Gasteiger partial charge in [-0.05, 0) is 25.3 Å². The molecular formula is C13H20O3. The van der Waals surface area contributed by atoms with Gasteiger partial charge < -0.3 is 14.9 Å². The lowest BCUT2D eigenvalue weighted by Gasteiger charge is -2.27. The molecule has 0 saturated carbocycles. The van der Waals surface area contributed by atoms with Crippen LogP contribution >= 0.6 is 0 Å². The summed E-state index contributed by atoms with van der Waals surface area (Å²) in [5.41, 5.74) is 0.532. The molecule has 0 unspecified atom stereocenters. The highest BCUT2D eigenvalue weighted by Gasteiger charge is 2.23. The van der Waals surface area contributed by atoms with Gasteiger partial charge >= 0.3 is 0 Å². The Morgan fingerprint density at radius 3 is 2.44 bits per heavy atom. The second kappa shape index (κ2) is 6.63. The second-order valence-corrected chi connectivity index (χ2v) is 4.21. The Labute approximate surface area is 96.7 Å². The van der Waals surface area contributed by atoms with Crippen molar-refractivity contribution in [3.8, 4) is 0 Å². The maximum absolute atomic E-state index is 9.28. The van der Waals surface area contributed by atoms with E-state index in [1.165, 1.54) is 0 Å². The van der Waals surface area contributed by atoms with Gasteiger partial charge in [0.15, 0.2) is 0 Å². The molecule has 0 aromatic heterocycles. The summed E-state index contributed by atoms with van der Waals surface area (Å²) in [5.74, 6) is 0. The topological polar surface area (TPSA) is 49.7 Å². The van der Waals surface area contributed by atoms with Gasteiger partial charge in [-0.2, -0.15) is 0 Å². The van der Waals surface area contributed by atoms with Crippen molar-refractivity contribution in [1.29, 1.82) is 0 Å². The molecule has 90 valence electrons. The van der Waals surface area contributed by atoms with Crippen LogP contribution in [0.2, 0.25) is 0 Å². The van der Waals surface area contributed by atoms with Crippen LogP contribution in [0.25, 0.3) is 0 Å². The van der Waals surface area contributed by atoms with Crippen molar-refractivity contribution in [1.82, 2.24) is 0 Å².